The molecule has 1 aliphatic rings. The molecule has 16 heavy (non-hydrogen) atoms. The van der Waals surface area contributed by atoms with Crippen LogP contribution in [0.3, 0.4) is 0 Å². The zero-order valence-corrected chi connectivity index (χ0v) is 9.78. The normalized spacial score (nSPS) is 17.3. The first-order valence-corrected chi connectivity index (χ1v) is 6.59. The van der Waals surface area contributed by atoms with Gasteiger partial charge in [-0.25, -0.2) is 0 Å². The number of hydrogen-bond donors (Lipinski definition) is 1. The van der Waals surface area contributed by atoms with Gasteiger partial charge in [0.05, 0.1) is 0 Å². The maximum absolute atomic E-state index is 10.1. The molecule has 0 saturated heterocycles. The van der Waals surface area contributed by atoms with Crippen molar-refractivity contribution in [3.05, 3.63) is 57.8 Å². The minimum Gasteiger partial charge on any atom is -0.384 e. The Labute approximate surface area is 99.4 Å². The summed E-state index contributed by atoms with van der Waals surface area (Å²) in [5, 5.41) is 14.1. The first-order chi connectivity index (χ1) is 7.84. The molecule has 1 aliphatic carbocycles. The number of aliphatic hydroxyl groups excluding tert-OH is 1. The molecule has 1 atom stereocenters. The lowest BCUT2D eigenvalue weighted by Crippen LogP contribution is -1.97. The van der Waals surface area contributed by atoms with Crippen molar-refractivity contribution >= 4 is 11.3 Å². The molecule has 1 fully saturated rings. The molecule has 0 bridgehead atoms. The molecule has 1 N–H and O–H groups in total. The topological polar surface area (TPSA) is 20.2 Å². The van der Waals surface area contributed by atoms with Gasteiger partial charge in [-0.2, -0.15) is 11.3 Å². The SMILES string of the molecule is O[C@@H](c1ccc(C2CC2)cc1)c1ccsc1. The zero-order chi connectivity index (χ0) is 11.0. The maximum Gasteiger partial charge on any atom is 0.105 e. The Morgan fingerprint density at radius 1 is 1.06 bits per heavy atom. The molecular weight excluding hydrogens is 216 g/mol. The smallest absolute Gasteiger partial charge is 0.105 e. The van der Waals surface area contributed by atoms with Gasteiger partial charge in [0.1, 0.15) is 6.10 Å². The number of hydrogen-bond acceptors (Lipinski definition) is 2. The molecule has 0 aliphatic heterocycles. The highest BCUT2D eigenvalue weighted by atomic mass is 32.1. The second kappa shape index (κ2) is 4.04. The highest BCUT2D eigenvalue weighted by Gasteiger charge is 2.23. The fourth-order valence-electron chi connectivity index (χ4n) is 1.99. The summed E-state index contributed by atoms with van der Waals surface area (Å²) < 4.78 is 0. The molecule has 1 saturated carbocycles. The van der Waals surface area contributed by atoms with Gasteiger partial charge >= 0.3 is 0 Å². The van der Waals surface area contributed by atoms with Gasteiger partial charge in [0.25, 0.3) is 0 Å². The maximum atomic E-state index is 10.1. The molecule has 3 rings (SSSR count). The molecule has 0 spiro atoms. The van der Waals surface area contributed by atoms with E-state index in [1.54, 1.807) is 11.3 Å². The Morgan fingerprint density at radius 2 is 1.81 bits per heavy atom. The van der Waals surface area contributed by atoms with E-state index in [1.807, 2.05) is 16.8 Å². The van der Waals surface area contributed by atoms with Gasteiger partial charge in [-0.1, -0.05) is 24.3 Å². The van der Waals surface area contributed by atoms with Crippen LogP contribution in [0.25, 0.3) is 0 Å². The fraction of sp³-hybridized carbons (Fsp3) is 0.286. The first-order valence-electron chi connectivity index (χ1n) is 5.64. The van der Waals surface area contributed by atoms with Crippen molar-refractivity contribution in [2.45, 2.75) is 24.9 Å². The summed E-state index contributed by atoms with van der Waals surface area (Å²) in [7, 11) is 0. The standard InChI is InChI=1S/C14H14OS/c15-14(13-7-8-16-9-13)12-5-3-11(4-6-12)10-1-2-10/h3-10,14-15H,1-2H2/t14-/m0/s1. The van der Waals surface area contributed by atoms with Crippen molar-refractivity contribution in [2.24, 2.45) is 0 Å². The first kappa shape index (κ1) is 10.1. The molecule has 2 heteroatoms. The molecule has 0 radical (unpaired) electrons. The summed E-state index contributed by atoms with van der Waals surface area (Å²) in [6.07, 6.45) is 2.18. The van der Waals surface area contributed by atoms with E-state index in [0.29, 0.717) is 0 Å². The monoisotopic (exact) mass is 230 g/mol. The van der Waals surface area contributed by atoms with Gasteiger partial charge in [0.15, 0.2) is 0 Å². The molecule has 0 amide bonds. The van der Waals surface area contributed by atoms with E-state index < -0.39 is 6.10 Å². The summed E-state index contributed by atoms with van der Waals surface area (Å²) in [6.45, 7) is 0. The van der Waals surface area contributed by atoms with Crippen molar-refractivity contribution in [3.63, 3.8) is 0 Å². The van der Waals surface area contributed by atoms with Crippen LogP contribution in [-0.4, -0.2) is 5.11 Å². The lowest BCUT2D eigenvalue weighted by Gasteiger charge is -2.09. The van der Waals surface area contributed by atoms with Crippen LogP contribution < -0.4 is 0 Å². The predicted molar refractivity (Wildman–Crippen MR) is 66.8 cm³/mol. The van der Waals surface area contributed by atoms with Crippen LogP contribution in [0.5, 0.6) is 0 Å². The minimum atomic E-state index is -0.473. The van der Waals surface area contributed by atoms with Crippen LogP contribution in [0.1, 0.15) is 41.6 Å². The van der Waals surface area contributed by atoms with Crippen LogP contribution in [0.15, 0.2) is 41.1 Å². The third kappa shape index (κ3) is 1.91. The molecular formula is C14H14OS. The minimum absolute atomic E-state index is 0.473. The number of rotatable bonds is 3. The van der Waals surface area contributed by atoms with E-state index in [2.05, 4.69) is 24.3 Å². The van der Waals surface area contributed by atoms with Crippen molar-refractivity contribution in [2.75, 3.05) is 0 Å². The molecule has 0 unspecified atom stereocenters. The molecule has 1 nitrogen and oxygen atoms in total. The van der Waals surface area contributed by atoms with Crippen molar-refractivity contribution in [1.29, 1.82) is 0 Å². The number of benzene rings is 1. The Balaban J connectivity index is 1.83. The van der Waals surface area contributed by atoms with Crippen molar-refractivity contribution in [1.82, 2.24) is 0 Å². The van der Waals surface area contributed by atoms with E-state index in [4.69, 9.17) is 0 Å². The number of thiophene rings is 1. The van der Waals surface area contributed by atoms with E-state index in [-0.39, 0.29) is 0 Å². The van der Waals surface area contributed by atoms with Gasteiger partial charge in [0.2, 0.25) is 0 Å². The van der Waals surface area contributed by atoms with Crippen LogP contribution >= 0.6 is 11.3 Å². The highest BCUT2D eigenvalue weighted by molar-refractivity contribution is 7.07. The Kier molecular flexibility index (Phi) is 2.54. The third-order valence-electron chi connectivity index (χ3n) is 3.16. The van der Waals surface area contributed by atoms with E-state index in [0.717, 1.165) is 17.0 Å². The Hall–Kier alpha value is -1.12. The Bertz CT molecular complexity index is 454. The Morgan fingerprint density at radius 3 is 2.38 bits per heavy atom. The molecule has 82 valence electrons. The van der Waals surface area contributed by atoms with Crippen LogP contribution in [-0.2, 0) is 0 Å². The predicted octanol–water partition coefficient (Wildman–Crippen LogP) is 3.71. The molecule has 1 heterocycles. The second-order valence-electron chi connectivity index (χ2n) is 4.40. The van der Waals surface area contributed by atoms with Crippen molar-refractivity contribution < 1.29 is 5.11 Å². The van der Waals surface area contributed by atoms with Crippen LogP contribution in [0, 0.1) is 0 Å². The summed E-state index contributed by atoms with van der Waals surface area (Å²) in [5.74, 6) is 0.785. The lowest BCUT2D eigenvalue weighted by atomic mass is 10.0. The zero-order valence-electron chi connectivity index (χ0n) is 8.97. The summed E-state index contributed by atoms with van der Waals surface area (Å²) >= 11 is 1.62. The summed E-state index contributed by atoms with van der Waals surface area (Å²) in [5.41, 5.74) is 3.40. The average molecular weight is 230 g/mol. The van der Waals surface area contributed by atoms with Gasteiger partial charge < -0.3 is 5.11 Å². The molecule has 1 aromatic heterocycles. The lowest BCUT2D eigenvalue weighted by molar-refractivity contribution is 0.221. The summed E-state index contributed by atoms with van der Waals surface area (Å²) in [6, 6.07) is 10.4. The van der Waals surface area contributed by atoms with Crippen LogP contribution in [0.2, 0.25) is 0 Å². The summed E-state index contributed by atoms with van der Waals surface area (Å²) in [4.78, 5) is 0. The average Bonchev–Trinajstić information content (AvgIpc) is 3.04. The van der Waals surface area contributed by atoms with Gasteiger partial charge in [0, 0.05) is 0 Å². The van der Waals surface area contributed by atoms with E-state index >= 15 is 0 Å². The quantitative estimate of drug-likeness (QED) is 0.852. The van der Waals surface area contributed by atoms with Gasteiger partial charge in [-0.3, -0.25) is 0 Å². The highest BCUT2D eigenvalue weighted by Crippen LogP contribution is 2.40. The van der Waals surface area contributed by atoms with E-state index in [1.165, 1.54) is 18.4 Å². The van der Waals surface area contributed by atoms with Gasteiger partial charge in [-0.05, 0) is 52.3 Å². The third-order valence-corrected chi connectivity index (χ3v) is 3.86. The second-order valence-corrected chi connectivity index (χ2v) is 5.18. The van der Waals surface area contributed by atoms with Crippen LogP contribution in [0.4, 0.5) is 0 Å². The molecule has 1 aromatic carbocycles. The fourth-order valence-corrected chi connectivity index (χ4v) is 2.67. The number of aliphatic hydroxyl groups is 1. The largest absolute Gasteiger partial charge is 0.384 e. The van der Waals surface area contributed by atoms with Crippen molar-refractivity contribution in [3.8, 4) is 0 Å². The van der Waals surface area contributed by atoms with Gasteiger partial charge in [-0.15, -0.1) is 0 Å². The molecule has 2 aromatic rings. The van der Waals surface area contributed by atoms with E-state index in [9.17, 15) is 5.11 Å².